The molecule has 2 rings (SSSR count). The van der Waals surface area contributed by atoms with Crippen molar-refractivity contribution in [2.75, 3.05) is 5.32 Å². The molecule has 158 valence electrons. The van der Waals surface area contributed by atoms with Crippen molar-refractivity contribution >= 4 is 75.6 Å². The molecule has 0 radical (unpaired) electrons. The molecule has 0 bridgehead atoms. The van der Waals surface area contributed by atoms with Gasteiger partial charge in [0.05, 0.1) is 20.8 Å². The van der Waals surface area contributed by atoms with Crippen molar-refractivity contribution in [3.8, 4) is 17.2 Å². The molecule has 2 aromatic carbocycles. The summed E-state index contributed by atoms with van der Waals surface area (Å²) in [7, 11) is 0. The van der Waals surface area contributed by atoms with Gasteiger partial charge in [-0.2, -0.15) is 0 Å². The molecule has 0 aliphatic carbocycles. The number of carboxylic acids is 1. The molecule has 6 nitrogen and oxygen atoms in total. The van der Waals surface area contributed by atoms with Crippen LogP contribution in [-0.2, 0) is 9.59 Å². The van der Waals surface area contributed by atoms with Crippen molar-refractivity contribution < 1.29 is 24.5 Å². The highest BCUT2D eigenvalue weighted by atomic mass is 35.5. The number of carbonyl (C=O) groups excluding carboxylic acids is 1. The monoisotopic (exact) mass is 501 g/mol. The van der Waals surface area contributed by atoms with E-state index in [1.54, 1.807) is 0 Å². The van der Waals surface area contributed by atoms with Crippen LogP contribution < -0.4 is 10.1 Å². The molecular formula is C18H16Cl5NO5. The number of anilines is 1. The molecule has 3 N–H and O–H groups in total. The summed E-state index contributed by atoms with van der Waals surface area (Å²) in [6, 6.07) is 4.01. The van der Waals surface area contributed by atoms with Gasteiger partial charge in [-0.05, 0) is 12.1 Å². The number of aromatic hydroxyl groups is 1. The van der Waals surface area contributed by atoms with Gasteiger partial charge in [-0.1, -0.05) is 78.3 Å². The summed E-state index contributed by atoms with van der Waals surface area (Å²) in [5.41, 5.74) is -0.148. The summed E-state index contributed by atoms with van der Waals surface area (Å²) >= 11 is 30.3. The van der Waals surface area contributed by atoms with E-state index in [4.69, 9.17) is 67.8 Å². The number of hydrogen-bond donors (Lipinski definition) is 3. The number of halogens is 5. The highest BCUT2D eigenvalue weighted by molar-refractivity contribution is 6.52. The first-order valence-electron chi connectivity index (χ1n) is 8.07. The highest BCUT2D eigenvalue weighted by Gasteiger charge is 2.24. The van der Waals surface area contributed by atoms with E-state index in [-0.39, 0.29) is 48.0 Å². The molecular weight excluding hydrogens is 487 g/mol. The fourth-order valence-corrected chi connectivity index (χ4v) is 2.98. The fourth-order valence-electron chi connectivity index (χ4n) is 1.80. The van der Waals surface area contributed by atoms with E-state index >= 15 is 0 Å². The van der Waals surface area contributed by atoms with Crippen LogP contribution in [0.2, 0.25) is 25.1 Å². The maximum atomic E-state index is 11.6. The van der Waals surface area contributed by atoms with Crippen LogP contribution in [0, 0.1) is 0 Å². The summed E-state index contributed by atoms with van der Waals surface area (Å²) < 4.78 is 5.53. The Morgan fingerprint density at radius 1 is 1.00 bits per heavy atom. The Labute approximate surface area is 192 Å². The van der Waals surface area contributed by atoms with Gasteiger partial charge in [-0.25, -0.2) is 0 Å². The van der Waals surface area contributed by atoms with Crippen molar-refractivity contribution in [3.05, 3.63) is 43.3 Å². The van der Waals surface area contributed by atoms with Gasteiger partial charge in [0.1, 0.15) is 28.0 Å². The largest absolute Gasteiger partial charge is 0.506 e. The van der Waals surface area contributed by atoms with Gasteiger partial charge in [0.2, 0.25) is 5.91 Å². The molecule has 0 saturated carbocycles. The minimum Gasteiger partial charge on any atom is -0.506 e. The number of aliphatic carboxylic acids is 1. The van der Waals surface area contributed by atoms with E-state index in [1.165, 1.54) is 24.6 Å². The van der Waals surface area contributed by atoms with Gasteiger partial charge in [0.25, 0.3) is 0 Å². The molecule has 0 saturated heterocycles. The van der Waals surface area contributed by atoms with Crippen molar-refractivity contribution in [1.29, 1.82) is 0 Å². The van der Waals surface area contributed by atoms with Crippen LogP contribution in [0.5, 0.6) is 17.2 Å². The van der Waals surface area contributed by atoms with Crippen LogP contribution in [0.25, 0.3) is 0 Å². The number of rotatable bonds is 5. The van der Waals surface area contributed by atoms with Crippen LogP contribution in [0.15, 0.2) is 18.2 Å². The van der Waals surface area contributed by atoms with Gasteiger partial charge in [0, 0.05) is 6.07 Å². The third-order valence-electron chi connectivity index (χ3n) is 2.94. The van der Waals surface area contributed by atoms with Crippen molar-refractivity contribution in [1.82, 2.24) is 0 Å². The number of phenols is 1. The number of benzene rings is 2. The Bertz CT molecular complexity index is 891. The molecule has 1 amide bonds. The Kier molecular flexibility index (Phi) is 10.2. The fraction of sp³-hybridized carbons (Fsp3) is 0.222. The first-order valence-corrected chi connectivity index (χ1v) is 9.96. The smallest absolute Gasteiger partial charge is 0.312 e. The molecule has 11 heteroatoms. The molecule has 0 unspecified atom stereocenters. The number of amides is 1. The molecule has 0 fully saturated rings. The van der Waals surface area contributed by atoms with Crippen molar-refractivity contribution in [2.24, 2.45) is 0 Å². The lowest BCUT2D eigenvalue weighted by Gasteiger charge is -2.16. The predicted octanol–water partition coefficient (Wildman–Crippen LogP) is 7.28. The average molecular weight is 504 g/mol. The second-order valence-electron chi connectivity index (χ2n) is 5.50. The Hall–Kier alpha value is -1.57. The molecule has 29 heavy (non-hydrogen) atoms. The van der Waals surface area contributed by atoms with Gasteiger partial charge < -0.3 is 20.3 Å². The number of nitrogens with one attached hydrogen (secondary N) is 1. The van der Waals surface area contributed by atoms with E-state index in [2.05, 4.69) is 19.2 Å². The normalized spacial score (nSPS) is 10.0. The standard InChI is InChI=1S/C15H8Cl5NO5.C3H8/c16-6-3-5(1-2-7(6)22)26-15-12(19)10(17)14(11(18)13(15)20)21-8(23)4-9(24)25;1-3-2/h1-3,22H,4H2,(H,21,23)(H,24,25);3H2,1-2H3. The lowest BCUT2D eigenvalue weighted by molar-refractivity contribution is -0.139. The molecule has 0 atom stereocenters. The second kappa shape index (κ2) is 11.6. The molecule has 0 aliphatic heterocycles. The zero-order valence-electron chi connectivity index (χ0n) is 15.2. The van der Waals surface area contributed by atoms with Gasteiger partial charge in [-0.3, -0.25) is 9.59 Å². The summed E-state index contributed by atoms with van der Waals surface area (Å²) in [4.78, 5) is 22.2. The van der Waals surface area contributed by atoms with Gasteiger partial charge in [-0.15, -0.1) is 0 Å². The van der Waals surface area contributed by atoms with E-state index < -0.39 is 18.3 Å². The second-order valence-corrected chi connectivity index (χ2v) is 7.42. The summed E-state index contributed by atoms with van der Waals surface area (Å²) in [6.07, 6.45) is 0.451. The third kappa shape index (κ3) is 7.01. The van der Waals surface area contributed by atoms with Crippen LogP contribution in [-0.4, -0.2) is 22.1 Å². The number of phenolic OH excluding ortho intramolecular Hbond substituents is 1. The van der Waals surface area contributed by atoms with Gasteiger partial charge >= 0.3 is 5.97 Å². The third-order valence-corrected chi connectivity index (χ3v) is 4.91. The molecule has 0 aliphatic rings. The number of carbonyl (C=O) groups is 2. The molecule has 0 aromatic heterocycles. The topological polar surface area (TPSA) is 95.9 Å². The SMILES string of the molecule is CCC.O=C(O)CC(=O)Nc1c(Cl)c(Cl)c(Oc2ccc(O)c(Cl)c2)c(Cl)c1Cl. The van der Waals surface area contributed by atoms with Crippen LogP contribution in [0.3, 0.4) is 0 Å². The molecule has 0 spiro atoms. The summed E-state index contributed by atoms with van der Waals surface area (Å²) in [5.74, 6) is -2.28. The minimum absolute atomic E-state index is 0.0319. The lowest BCUT2D eigenvalue weighted by Crippen LogP contribution is -2.16. The van der Waals surface area contributed by atoms with E-state index in [0.29, 0.717) is 0 Å². The molecule has 2 aromatic rings. The number of carboxylic acid groups (broad SMARTS) is 1. The zero-order chi connectivity index (χ0) is 22.3. The van der Waals surface area contributed by atoms with Gasteiger partial charge in [0.15, 0.2) is 5.75 Å². The van der Waals surface area contributed by atoms with E-state index in [1.807, 2.05) is 0 Å². The zero-order valence-corrected chi connectivity index (χ0v) is 18.9. The Morgan fingerprint density at radius 3 is 1.97 bits per heavy atom. The maximum absolute atomic E-state index is 11.6. The van der Waals surface area contributed by atoms with Crippen LogP contribution >= 0.6 is 58.0 Å². The van der Waals surface area contributed by atoms with Crippen LogP contribution in [0.4, 0.5) is 5.69 Å². The van der Waals surface area contributed by atoms with E-state index in [0.717, 1.165) is 0 Å². The summed E-state index contributed by atoms with van der Waals surface area (Å²) in [6.45, 7) is 4.25. The first-order chi connectivity index (χ1) is 13.5. The van der Waals surface area contributed by atoms with Crippen molar-refractivity contribution in [3.63, 3.8) is 0 Å². The first kappa shape index (κ1) is 25.5. The molecule has 0 heterocycles. The van der Waals surface area contributed by atoms with Crippen molar-refractivity contribution in [2.45, 2.75) is 26.7 Å². The average Bonchev–Trinajstić information content (AvgIpc) is 2.64. The van der Waals surface area contributed by atoms with E-state index in [9.17, 15) is 14.7 Å². The Balaban J connectivity index is 0.00000132. The number of ether oxygens (including phenoxy) is 1. The predicted molar refractivity (Wildman–Crippen MR) is 117 cm³/mol. The lowest BCUT2D eigenvalue weighted by atomic mass is 10.2. The van der Waals surface area contributed by atoms with Crippen LogP contribution in [0.1, 0.15) is 26.7 Å². The quantitative estimate of drug-likeness (QED) is 0.294. The Morgan fingerprint density at radius 2 is 1.52 bits per heavy atom. The maximum Gasteiger partial charge on any atom is 0.312 e. The summed E-state index contributed by atoms with van der Waals surface area (Å²) in [5, 5.41) is 19.6. The highest BCUT2D eigenvalue weighted by Crippen LogP contribution is 2.50. The minimum atomic E-state index is -1.34. The number of hydrogen-bond acceptors (Lipinski definition) is 4.